The number of sulfonamides is 1. The number of benzene rings is 2. The molecule has 156 valence electrons. The van der Waals surface area contributed by atoms with Gasteiger partial charge in [-0.15, -0.1) is 0 Å². The van der Waals surface area contributed by atoms with Crippen LogP contribution in [0, 0.1) is 17.6 Å². The zero-order valence-electron chi connectivity index (χ0n) is 15.2. The molecular formula is C19H18Cl2F2N2O3S. The van der Waals surface area contributed by atoms with E-state index in [-0.39, 0.29) is 29.6 Å². The van der Waals surface area contributed by atoms with Crippen LogP contribution < -0.4 is 5.32 Å². The number of carbonyl (C=O) groups is 1. The van der Waals surface area contributed by atoms with Crippen LogP contribution in [0.2, 0.25) is 10.0 Å². The number of anilines is 1. The standard InChI is InChI=1S/C19H18Cl2F2N2O3S/c20-14-2-1-13(16(21)9-14)11-29(27,28)25-7-5-12(6-8-25)19(26)24-18-4-3-15(22)10-17(18)23/h1-4,9-10,12H,5-8,11H2,(H,24,26). The predicted octanol–water partition coefficient (Wildman–Crippen LogP) is 4.45. The number of carbonyl (C=O) groups excluding carboxylic acids is 1. The summed E-state index contributed by atoms with van der Waals surface area (Å²) in [7, 11) is -3.62. The quantitative estimate of drug-likeness (QED) is 0.713. The van der Waals surface area contributed by atoms with E-state index in [2.05, 4.69) is 5.32 Å². The van der Waals surface area contributed by atoms with Gasteiger partial charge in [-0.2, -0.15) is 0 Å². The second-order valence-electron chi connectivity index (χ2n) is 6.78. The molecule has 2 aromatic rings. The van der Waals surface area contributed by atoms with Crippen molar-refractivity contribution in [2.75, 3.05) is 18.4 Å². The van der Waals surface area contributed by atoms with Gasteiger partial charge in [0.05, 0.1) is 11.4 Å². The summed E-state index contributed by atoms with van der Waals surface area (Å²) < 4.78 is 53.4. The van der Waals surface area contributed by atoms with Crippen LogP contribution in [0.15, 0.2) is 36.4 Å². The van der Waals surface area contributed by atoms with Gasteiger partial charge in [0.2, 0.25) is 15.9 Å². The van der Waals surface area contributed by atoms with E-state index >= 15 is 0 Å². The molecule has 1 N–H and O–H groups in total. The van der Waals surface area contributed by atoms with Gasteiger partial charge in [-0.3, -0.25) is 4.79 Å². The molecule has 10 heteroatoms. The number of nitrogens with one attached hydrogen (secondary N) is 1. The van der Waals surface area contributed by atoms with E-state index in [0.717, 1.165) is 12.1 Å². The Balaban J connectivity index is 1.59. The van der Waals surface area contributed by atoms with Gasteiger partial charge in [0.25, 0.3) is 0 Å². The van der Waals surface area contributed by atoms with Gasteiger partial charge in [0.1, 0.15) is 11.6 Å². The Bertz CT molecular complexity index is 1030. The Morgan fingerprint density at radius 2 is 1.79 bits per heavy atom. The first-order valence-electron chi connectivity index (χ1n) is 8.83. The lowest BCUT2D eigenvalue weighted by Crippen LogP contribution is -2.42. The number of rotatable bonds is 5. The monoisotopic (exact) mass is 462 g/mol. The van der Waals surface area contributed by atoms with Gasteiger partial charge in [-0.1, -0.05) is 29.3 Å². The molecular weight excluding hydrogens is 445 g/mol. The highest BCUT2D eigenvalue weighted by atomic mass is 35.5. The molecule has 29 heavy (non-hydrogen) atoms. The number of piperidine rings is 1. The van der Waals surface area contributed by atoms with Crippen LogP contribution in [-0.2, 0) is 20.6 Å². The molecule has 0 saturated carbocycles. The lowest BCUT2D eigenvalue weighted by atomic mass is 9.97. The van der Waals surface area contributed by atoms with Crippen LogP contribution in [0.4, 0.5) is 14.5 Å². The fourth-order valence-electron chi connectivity index (χ4n) is 3.15. The SMILES string of the molecule is O=C(Nc1ccc(F)cc1F)C1CCN(S(=O)(=O)Cc2ccc(Cl)cc2Cl)CC1. The van der Waals surface area contributed by atoms with Crippen molar-refractivity contribution in [2.24, 2.45) is 5.92 Å². The van der Waals surface area contributed by atoms with Crippen molar-refractivity contribution >= 4 is 44.8 Å². The van der Waals surface area contributed by atoms with Crippen LogP contribution in [0.1, 0.15) is 18.4 Å². The van der Waals surface area contributed by atoms with Gasteiger partial charge >= 0.3 is 0 Å². The van der Waals surface area contributed by atoms with Gasteiger partial charge < -0.3 is 5.32 Å². The van der Waals surface area contributed by atoms with Gasteiger partial charge in [0, 0.05) is 35.1 Å². The maximum absolute atomic E-state index is 13.7. The van der Waals surface area contributed by atoms with Crippen molar-refractivity contribution in [3.63, 3.8) is 0 Å². The molecule has 0 bridgehead atoms. The normalized spacial score (nSPS) is 16.0. The van der Waals surface area contributed by atoms with Crippen molar-refractivity contribution < 1.29 is 22.0 Å². The minimum absolute atomic E-state index is 0.108. The lowest BCUT2D eigenvalue weighted by Gasteiger charge is -2.30. The second kappa shape index (κ2) is 8.95. The van der Waals surface area contributed by atoms with E-state index in [0.29, 0.717) is 29.5 Å². The third-order valence-electron chi connectivity index (χ3n) is 4.76. The summed E-state index contributed by atoms with van der Waals surface area (Å²) in [5, 5.41) is 3.13. The molecule has 1 fully saturated rings. The van der Waals surface area contributed by atoms with Gasteiger partial charge in [0.15, 0.2) is 0 Å². The summed E-state index contributed by atoms with van der Waals surface area (Å²) in [5.41, 5.74) is 0.339. The lowest BCUT2D eigenvalue weighted by molar-refractivity contribution is -0.120. The first kappa shape index (κ1) is 22.0. The van der Waals surface area contributed by atoms with E-state index in [9.17, 15) is 22.0 Å². The Labute approximate surface area is 177 Å². The van der Waals surface area contributed by atoms with Crippen molar-refractivity contribution in [1.82, 2.24) is 4.31 Å². The molecule has 0 aromatic heterocycles. The molecule has 5 nitrogen and oxygen atoms in total. The highest BCUT2D eigenvalue weighted by Crippen LogP contribution is 2.27. The molecule has 0 unspecified atom stereocenters. The van der Waals surface area contributed by atoms with Crippen molar-refractivity contribution in [2.45, 2.75) is 18.6 Å². The van der Waals surface area contributed by atoms with Crippen LogP contribution in [0.3, 0.4) is 0 Å². The minimum atomic E-state index is -3.62. The number of hydrogen-bond donors (Lipinski definition) is 1. The highest BCUT2D eigenvalue weighted by molar-refractivity contribution is 7.88. The summed E-state index contributed by atoms with van der Waals surface area (Å²) in [6.07, 6.45) is 0.588. The van der Waals surface area contributed by atoms with Crippen LogP contribution >= 0.6 is 23.2 Å². The maximum Gasteiger partial charge on any atom is 0.227 e. The average molecular weight is 463 g/mol. The number of hydrogen-bond acceptors (Lipinski definition) is 3. The third kappa shape index (κ3) is 5.45. The zero-order chi connectivity index (χ0) is 21.2. The Morgan fingerprint density at radius 1 is 1.10 bits per heavy atom. The van der Waals surface area contributed by atoms with Gasteiger partial charge in [-0.25, -0.2) is 21.5 Å². The van der Waals surface area contributed by atoms with Gasteiger partial charge in [-0.05, 0) is 42.7 Å². The summed E-state index contributed by atoms with van der Waals surface area (Å²) in [4.78, 5) is 12.4. The maximum atomic E-state index is 13.7. The van der Waals surface area contributed by atoms with Crippen molar-refractivity contribution in [3.8, 4) is 0 Å². The zero-order valence-corrected chi connectivity index (χ0v) is 17.5. The summed E-state index contributed by atoms with van der Waals surface area (Å²) in [5.74, 6) is -2.75. The largest absolute Gasteiger partial charge is 0.323 e. The number of halogens is 4. The van der Waals surface area contributed by atoms with Crippen LogP contribution in [0.25, 0.3) is 0 Å². The first-order valence-corrected chi connectivity index (χ1v) is 11.2. The average Bonchev–Trinajstić information content (AvgIpc) is 2.66. The molecule has 0 spiro atoms. The second-order valence-corrected chi connectivity index (χ2v) is 9.59. The van der Waals surface area contributed by atoms with Crippen molar-refractivity contribution in [3.05, 3.63) is 63.6 Å². The molecule has 0 radical (unpaired) electrons. The molecule has 0 aliphatic carbocycles. The predicted molar refractivity (Wildman–Crippen MR) is 108 cm³/mol. The Hall–Kier alpha value is -1.74. The summed E-state index contributed by atoms with van der Waals surface area (Å²) >= 11 is 11.9. The van der Waals surface area contributed by atoms with Crippen LogP contribution in [-0.4, -0.2) is 31.7 Å². The fraction of sp³-hybridized carbons (Fsp3) is 0.316. The fourth-order valence-corrected chi connectivity index (χ4v) is 5.30. The van der Waals surface area contributed by atoms with E-state index in [4.69, 9.17) is 23.2 Å². The molecule has 1 saturated heterocycles. The highest BCUT2D eigenvalue weighted by Gasteiger charge is 2.31. The first-order chi connectivity index (χ1) is 13.7. The van der Waals surface area contributed by atoms with E-state index < -0.39 is 33.5 Å². The number of amides is 1. The smallest absolute Gasteiger partial charge is 0.227 e. The minimum Gasteiger partial charge on any atom is -0.323 e. The topological polar surface area (TPSA) is 66.5 Å². The summed E-state index contributed by atoms with van der Waals surface area (Å²) in [6, 6.07) is 7.52. The third-order valence-corrected chi connectivity index (χ3v) is 7.17. The molecule has 1 aliphatic heterocycles. The van der Waals surface area contributed by atoms with Crippen LogP contribution in [0.5, 0.6) is 0 Å². The van der Waals surface area contributed by atoms with E-state index in [1.54, 1.807) is 12.1 Å². The van der Waals surface area contributed by atoms with E-state index in [1.165, 1.54) is 10.4 Å². The Kier molecular flexibility index (Phi) is 6.78. The molecule has 3 rings (SSSR count). The molecule has 1 heterocycles. The molecule has 1 amide bonds. The molecule has 1 aliphatic rings. The molecule has 0 atom stereocenters. The molecule has 2 aromatic carbocycles. The van der Waals surface area contributed by atoms with Crippen molar-refractivity contribution in [1.29, 1.82) is 0 Å². The number of nitrogens with zero attached hydrogens (tertiary/aromatic N) is 1. The Morgan fingerprint density at radius 3 is 2.41 bits per heavy atom. The van der Waals surface area contributed by atoms with E-state index in [1.807, 2.05) is 0 Å². The summed E-state index contributed by atoms with van der Waals surface area (Å²) in [6.45, 7) is 0.328.